The van der Waals surface area contributed by atoms with Crippen LogP contribution >= 0.6 is 0 Å². The van der Waals surface area contributed by atoms with E-state index in [1.165, 1.54) is 8.61 Å². The Balaban J connectivity index is 1.94. The van der Waals surface area contributed by atoms with Gasteiger partial charge < -0.3 is 9.88 Å². The number of hydrogen-bond donors (Lipinski definition) is 2. The van der Waals surface area contributed by atoms with E-state index < -0.39 is 21.5 Å². The minimum absolute atomic E-state index is 0.124. The third-order valence-corrected chi connectivity index (χ3v) is 6.98. The molecule has 0 aliphatic carbocycles. The number of aromatic amines is 2. The zero-order valence-electron chi connectivity index (χ0n) is 15.9. The number of amides is 1. The maximum Gasteiger partial charge on any atom is 0.325 e. The van der Waals surface area contributed by atoms with E-state index in [9.17, 15) is 22.8 Å². The van der Waals surface area contributed by atoms with Gasteiger partial charge in [0.15, 0.2) is 0 Å². The SMILES string of the molecule is CCN(CC)S(=O)(=O)N1CCN(C(=O)CCc2c(C)[nH]c(=O)[nH]c2=O)CC1. The van der Waals surface area contributed by atoms with Crippen LogP contribution in [0.4, 0.5) is 0 Å². The Kier molecular flexibility index (Phi) is 6.95. The summed E-state index contributed by atoms with van der Waals surface area (Å²) in [6.07, 6.45) is 0.341. The molecule has 1 fully saturated rings. The normalized spacial score (nSPS) is 16.1. The predicted octanol–water partition coefficient (Wildman–Crippen LogP) is -0.965. The van der Waals surface area contributed by atoms with Crippen LogP contribution in [-0.4, -0.2) is 77.1 Å². The molecule has 2 N–H and O–H groups in total. The summed E-state index contributed by atoms with van der Waals surface area (Å²) in [7, 11) is -3.49. The van der Waals surface area contributed by atoms with Crippen LogP contribution in [0.15, 0.2) is 9.59 Å². The van der Waals surface area contributed by atoms with Crippen molar-refractivity contribution in [2.24, 2.45) is 0 Å². The van der Waals surface area contributed by atoms with Gasteiger partial charge in [-0.15, -0.1) is 0 Å². The van der Waals surface area contributed by atoms with E-state index in [1.54, 1.807) is 25.7 Å². The van der Waals surface area contributed by atoms with Gasteiger partial charge in [0.2, 0.25) is 5.91 Å². The fraction of sp³-hybridized carbons (Fsp3) is 0.688. The fourth-order valence-electron chi connectivity index (χ4n) is 3.20. The van der Waals surface area contributed by atoms with Gasteiger partial charge in [-0.25, -0.2) is 4.79 Å². The number of aromatic nitrogens is 2. The number of carbonyl (C=O) groups excluding carboxylic acids is 1. The molecule has 1 saturated heterocycles. The summed E-state index contributed by atoms with van der Waals surface area (Å²) in [5.74, 6) is -0.139. The zero-order chi connectivity index (χ0) is 20.2. The minimum Gasteiger partial charge on any atom is -0.340 e. The molecule has 2 heterocycles. The lowest BCUT2D eigenvalue weighted by atomic mass is 10.1. The average molecular weight is 401 g/mol. The van der Waals surface area contributed by atoms with Crippen LogP contribution in [0.3, 0.4) is 0 Å². The summed E-state index contributed by atoms with van der Waals surface area (Å²) >= 11 is 0. The highest BCUT2D eigenvalue weighted by molar-refractivity contribution is 7.86. The first-order chi connectivity index (χ1) is 12.7. The largest absolute Gasteiger partial charge is 0.340 e. The minimum atomic E-state index is -3.49. The molecule has 2 rings (SSSR count). The Bertz CT molecular complexity index is 879. The van der Waals surface area contributed by atoms with Gasteiger partial charge in [-0.2, -0.15) is 17.0 Å². The van der Waals surface area contributed by atoms with Crippen molar-refractivity contribution < 1.29 is 13.2 Å². The molecule has 0 spiro atoms. The second kappa shape index (κ2) is 8.81. The van der Waals surface area contributed by atoms with Crippen LogP contribution in [0.5, 0.6) is 0 Å². The second-order valence-electron chi connectivity index (χ2n) is 6.38. The zero-order valence-corrected chi connectivity index (χ0v) is 16.8. The molecule has 0 saturated carbocycles. The van der Waals surface area contributed by atoms with Crippen molar-refractivity contribution in [3.05, 3.63) is 32.1 Å². The summed E-state index contributed by atoms with van der Waals surface area (Å²) in [5.41, 5.74) is -0.227. The van der Waals surface area contributed by atoms with Gasteiger partial charge in [-0.3, -0.25) is 14.6 Å². The van der Waals surface area contributed by atoms with Crippen LogP contribution in [0.25, 0.3) is 0 Å². The summed E-state index contributed by atoms with van der Waals surface area (Å²) in [4.78, 5) is 41.8. The molecule has 0 radical (unpaired) electrons. The fourth-order valence-corrected chi connectivity index (χ4v) is 4.80. The maximum atomic E-state index is 12.5. The highest BCUT2D eigenvalue weighted by atomic mass is 32.2. The lowest BCUT2D eigenvalue weighted by molar-refractivity contribution is -0.132. The van der Waals surface area contributed by atoms with Crippen molar-refractivity contribution in [3.8, 4) is 0 Å². The van der Waals surface area contributed by atoms with Crippen LogP contribution in [0.1, 0.15) is 31.5 Å². The van der Waals surface area contributed by atoms with Gasteiger partial charge >= 0.3 is 5.69 Å². The number of nitrogens with zero attached hydrogens (tertiary/aromatic N) is 3. The van der Waals surface area contributed by atoms with Crippen molar-refractivity contribution in [1.29, 1.82) is 0 Å². The number of H-pyrrole nitrogens is 2. The number of rotatable bonds is 7. The first-order valence-corrected chi connectivity index (χ1v) is 10.5. The van der Waals surface area contributed by atoms with E-state index in [0.717, 1.165) is 0 Å². The Hall–Kier alpha value is -1.98. The third-order valence-electron chi connectivity index (χ3n) is 4.79. The van der Waals surface area contributed by atoms with Gasteiger partial charge in [0.05, 0.1) is 0 Å². The van der Waals surface area contributed by atoms with Gasteiger partial charge in [0, 0.05) is 56.9 Å². The average Bonchev–Trinajstić information content (AvgIpc) is 2.61. The molecule has 152 valence electrons. The van der Waals surface area contributed by atoms with Crippen molar-refractivity contribution in [2.45, 2.75) is 33.6 Å². The van der Waals surface area contributed by atoms with E-state index in [2.05, 4.69) is 9.97 Å². The highest BCUT2D eigenvalue weighted by Gasteiger charge is 2.31. The highest BCUT2D eigenvalue weighted by Crippen LogP contribution is 2.13. The number of nitrogens with one attached hydrogen (secondary N) is 2. The molecular formula is C16H27N5O5S. The van der Waals surface area contributed by atoms with Crippen molar-refractivity contribution in [1.82, 2.24) is 23.5 Å². The van der Waals surface area contributed by atoms with E-state index >= 15 is 0 Å². The summed E-state index contributed by atoms with van der Waals surface area (Å²) < 4.78 is 27.8. The number of hydrogen-bond acceptors (Lipinski definition) is 5. The molecule has 0 bridgehead atoms. The quantitative estimate of drug-likeness (QED) is 0.608. The van der Waals surface area contributed by atoms with Crippen LogP contribution < -0.4 is 11.2 Å². The monoisotopic (exact) mass is 401 g/mol. The van der Waals surface area contributed by atoms with Gasteiger partial charge in [0.1, 0.15) is 0 Å². The molecule has 1 aromatic heterocycles. The lowest BCUT2D eigenvalue weighted by Crippen LogP contribution is -2.54. The van der Waals surface area contributed by atoms with Crippen molar-refractivity contribution in [2.75, 3.05) is 39.3 Å². The van der Waals surface area contributed by atoms with E-state index in [4.69, 9.17) is 0 Å². The number of aryl methyl sites for hydroxylation is 1. The molecule has 0 aromatic carbocycles. The Morgan fingerprint density at radius 3 is 2.19 bits per heavy atom. The smallest absolute Gasteiger partial charge is 0.325 e. The molecule has 1 amide bonds. The maximum absolute atomic E-state index is 12.5. The molecule has 11 heteroatoms. The summed E-state index contributed by atoms with van der Waals surface area (Å²) in [6.45, 7) is 7.16. The van der Waals surface area contributed by atoms with Crippen LogP contribution in [0.2, 0.25) is 0 Å². The molecule has 1 aliphatic heterocycles. The molecule has 1 aromatic rings. The van der Waals surface area contributed by atoms with E-state index in [0.29, 0.717) is 37.4 Å². The van der Waals surface area contributed by atoms with Crippen molar-refractivity contribution >= 4 is 16.1 Å². The predicted molar refractivity (Wildman–Crippen MR) is 101 cm³/mol. The topological polar surface area (TPSA) is 127 Å². The van der Waals surface area contributed by atoms with Crippen molar-refractivity contribution in [3.63, 3.8) is 0 Å². The Morgan fingerprint density at radius 1 is 1.07 bits per heavy atom. The molecule has 10 nitrogen and oxygen atoms in total. The molecule has 0 atom stereocenters. The van der Waals surface area contributed by atoms with Gasteiger partial charge in [0.25, 0.3) is 15.8 Å². The second-order valence-corrected chi connectivity index (χ2v) is 8.31. The number of carbonyl (C=O) groups is 1. The lowest BCUT2D eigenvalue weighted by Gasteiger charge is -2.36. The van der Waals surface area contributed by atoms with E-state index in [1.807, 2.05) is 0 Å². The molecular weight excluding hydrogens is 374 g/mol. The molecule has 1 aliphatic rings. The molecule has 27 heavy (non-hydrogen) atoms. The molecule has 0 unspecified atom stereocenters. The summed E-state index contributed by atoms with van der Waals surface area (Å²) in [5, 5.41) is 0. The first kappa shape index (κ1) is 21.3. The Labute approximate surface area is 158 Å². The van der Waals surface area contributed by atoms with E-state index in [-0.39, 0.29) is 31.8 Å². The number of piperazine rings is 1. The standard InChI is InChI=1S/C16H27N5O5S/c1-4-20(5-2)27(25,26)21-10-8-19(9-11-21)14(22)7-6-13-12(3)17-16(24)18-15(13)23/h4-11H2,1-3H3,(H2,17,18,23,24). The van der Waals surface area contributed by atoms with Gasteiger partial charge in [-0.1, -0.05) is 13.8 Å². The third kappa shape index (κ3) is 4.85. The van der Waals surface area contributed by atoms with Gasteiger partial charge in [-0.05, 0) is 13.3 Å². The van der Waals surface area contributed by atoms with Crippen LogP contribution in [0, 0.1) is 6.92 Å². The summed E-state index contributed by atoms with van der Waals surface area (Å²) in [6, 6.07) is 0. The first-order valence-electron chi connectivity index (χ1n) is 9.05. The Morgan fingerprint density at radius 2 is 1.67 bits per heavy atom. The van der Waals surface area contributed by atoms with Crippen LogP contribution in [-0.2, 0) is 21.4 Å².